The van der Waals surface area contributed by atoms with Crippen molar-refractivity contribution in [2.24, 2.45) is 0 Å². The van der Waals surface area contributed by atoms with E-state index in [1.807, 2.05) is 22.7 Å². The molecule has 0 aliphatic carbocycles. The van der Waals surface area contributed by atoms with Crippen molar-refractivity contribution in [1.29, 1.82) is 0 Å². The van der Waals surface area contributed by atoms with E-state index in [1.165, 1.54) is 216 Å². The molecule has 6 heteroatoms. The van der Waals surface area contributed by atoms with Gasteiger partial charge in [-0.1, -0.05) is 224 Å². The van der Waals surface area contributed by atoms with Crippen LogP contribution in [0.1, 0.15) is 0 Å². The van der Waals surface area contributed by atoms with Gasteiger partial charge in [-0.25, -0.2) is 0 Å². The maximum atomic E-state index is 2.47. The molecule has 0 bridgehead atoms. The Labute approximate surface area is 616 Å². The molecule has 0 N–H and O–H groups in total. The van der Waals surface area contributed by atoms with Crippen molar-refractivity contribution in [2.75, 3.05) is 0 Å². The molecule has 24 aromatic rings. The third-order valence-electron chi connectivity index (χ3n) is 22.5. The highest BCUT2D eigenvalue weighted by molar-refractivity contribution is 7.27. The molecule has 0 radical (unpaired) electrons. The van der Waals surface area contributed by atoms with Gasteiger partial charge in [0.2, 0.25) is 0 Å². The molecule has 24 rings (SSSR count). The number of para-hydroxylation sites is 2. The highest BCUT2D eigenvalue weighted by atomic mass is 32.1. The van der Waals surface area contributed by atoms with Crippen LogP contribution in [0.15, 0.2) is 364 Å². The largest absolute Gasteiger partial charge is 0.309 e. The van der Waals surface area contributed by atoms with Crippen molar-refractivity contribution < 1.29 is 0 Å². The van der Waals surface area contributed by atoms with Crippen LogP contribution in [-0.4, -0.2) is 18.3 Å². The highest BCUT2D eigenvalue weighted by Gasteiger charge is 2.23. The van der Waals surface area contributed by atoms with Crippen LogP contribution in [0.4, 0.5) is 0 Å². The zero-order chi connectivity index (χ0) is 69.2. The van der Waals surface area contributed by atoms with E-state index in [1.54, 1.807) is 0 Å². The summed E-state index contributed by atoms with van der Waals surface area (Å²) in [6.45, 7) is 0. The summed E-state index contributed by atoms with van der Waals surface area (Å²) < 4.78 is 15.1. The van der Waals surface area contributed by atoms with Crippen LogP contribution in [0, 0.1) is 0 Å². The van der Waals surface area contributed by atoms with Gasteiger partial charge in [0.1, 0.15) is 0 Å². The number of benzene rings is 18. The van der Waals surface area contributed by atoms with Crippen molar-refractivity contribution >= 4 is 193 Å². The van der Waals surface area contributed by atoms with Crippen LogP contribution >= 0.6 is 22.7 Å². The Balaban J connectivity index is 0.000000129. The molecule has 0 saturated heterocycles. The van der Waals surface area contributed by atoms with E-state index in [0.717, 1.165) is 0 Å². The molecular formula is C100H60N4S2. The predicted molar refractivity (Wildman–Crippen MR) is 457 cm³/mol. The first kappa shape index (κ1) is 59.2. The number of rotatable bonds is 6. The molecule has 4 nitrogen and oxygen atoms in total. The molecule has 492 valence electrons. The first-order chi connectivity index (χ1) is 52.5. The molecule has 6 aromatic heterocycles. The fourth-order valence-electron chi connectivity index (χ4n) is 17.7. The fourth-order valence-corrected chi connectivity index (χ4v) is 20.0. The standard InChI is InChI=1S/2C50H30N2S/c1-3-11-33-27-37(21-17-31(33)9-1)51-44-15-7-5-13-39(44)42-29-35(19-24-45(42)51)36-20-25-46-43(30-36)49-47(26-23-41-40-14-6-8-16-48(40)53-50(41)49)52(46)38-22-18-32-10-2-4-12-34(32)28-38;1-3-11-33-27-37(21-17-31(33)9-1)51-43-15-7-5-13-39(43)41-29-35(19-23-44(41)51)36-20-24-45-42(30-36)49-46(25-26-48-50(49)40-14-6-8-16-47(40)53-48)52(45)38-22-18-32-10-2-4-12-34(32)28-38/h2*1-30H. The molecule has 0 spiro atoms. The van der Waals surface area contributed by atoms with Gasteiger partial charge in [0, 0.05) is 106 Å². The minimum absolute atomic E-state index is 1.18. The van der Waals surface area contributed by atoms with Gasteiger partial charge >= 0.3 is 0 Å². The van der Waals surface area contributed by atoms with Gasteiger partial charge in [-0.3, -0.25) is 0 Å². The van der Waals surface area contributed by atoms with Gasteiger partial charge in [0.15, 0.2) is 0 Å². The first-order valence-corrected chi connectivity index (χ1v) is 38.0. The molecule has 0 aliphatic rings. The van der Waals surface area contributed by atoms with Gasteiger partial charge in [0.05, 0.1) is 44.1 Å². The lowest BCUT2D eigenvalue weighted by Crippen LogP contribution is -1.94. The lowest BCUT2D eigenvalue weighted by atomic mass is 9.99. The minimum Gasteiger partial charge on any atom is -0.309 e. The first-order valence-electron chi connectivity index (χ1n) is 36.3. The Kier molecular flexibility index (Phi) is 12.9. The summed E-state index contributed by atoms with van der Waals surface area (Å²) in [6, 6.07) is 135. The zero-order valence-corrected chi connectivity index (χ0v) is 58.9. The maximum Gasteiger partial charge on any atom is 0.0555 e. The zero-order valence-electron chi connectivity index (χ0n) is 57.2. The summed E-state index contributed by atoms with van der Waals surface area (Å²) in [7, 11) is 0. The summed E-state index contributed by atoms with van der Waals surface area (Å²) in [5.74, 6) is 0. The van der Waals surface area contributed by atoms with E-state index in [4.69, 9.17) is 0 Å². The molecule has 0 amide bonds. The average molecular weight is 1380 g/mol. The van der Waals surface area contributed by atoms with E-state index < -0.39 is 0 Å². The van der Waals surface area contributed by atoms with Gasteiger partial charge in [-0.2, -0.15) is 0 Å². The molecule has 6 heterocycles. The smallest absolute Gasteiger partial charge is 0.0555 e. The topological polar surface area (TPSA) is 19.7 Å². The Morgan fingerprint density at radius 3 is 0.943 bits per heavy atom. The van der Waals surface area contributed by atoms with Gasteiger partial charge in [-0.15, -0.1) is 22.7 Å². The Bertz CT molecular complexity index is 7850. The van der Waals surface area contributed by atoms with Crippen molar-refractivity contribution in [1.82, 2.24) is 18.3 Å². The van der Waals surface area contributed by atoms with E-state index >= 15 is 0 Å². The Morgan fingerprint density at radius 2 is 0.481 bits per heavy atom. The number of nitrogens with zero attached hydrogens (tertiary/aromatic N) is 4. The molecule has 0 atom stereocenters. The molecule has 0 aliphatic heterocycles. The van der Waals surface area contributed by atoms with Crippen LogP contribution < -0.4 is 0 Å². The van der Waals surface area contributed by atoms with Crippen LogP contribution in [0.3, 0.4) is 0 Å². The number of aromatic nitrogens is 4. The summed E-state index contributed by atoms with van der Waals surface area (Å²) in [6.07, 6.45) is 0. The highest BCUT2D eigenvalue weighted by Crippen LogP contribution is 2.48. The molecule has 106 heavy (non-hydrogen) atoms. The third-order valence-corrected chi connectivity index (χ3v) is 24.9. The van der Waals surface area contributed by atoms with Crippen molar-refractivity contribution in [3.8, 4) is 45.0 Å². The van der Waals surface area contributed by atoms with Crippen LogP contribution in [0.25, 0.3) is 216 Å². The number of hydrogen-bond donors (Lipinski definition) is 0. The van der Waals surface area contributed by atoms with Gasteiger partial charge in [0.25, 0.3) is 0 Å². The second-order valence-corrected chi connectivity index (χ2v) is 30.4. The van der Waals surface area contributed by atoms with Crippen molar-refractivity contribution in [3.05, 3.63) is 364 Å². The monoisotopic (exact) mass is 1380 g/mol. The molecular weight excluding hydrogens is 1320 g/mol. The third kappa shape index (κ3) is 8.99. The number of thiophene rings is 2. The van der Waals surface area contributed by atoms with E-state index in [9.17, 15) is 0 Å². The van der Waals surface area contributed by atoms with E-state index in [2.05, 4.69) is 382 Å². The molecule has 0 saturated carbocycles. The average Bonchev–Trinajstić information content (AvgIpc) is 1.56. The minimum atomic E-state index is 1.18. The number of fused-ring (bicyclic) bond motifs is 24. The summed E-state index contributed by atoms with van der Waals surface area (Å²) in [4.78, 5) is 0. The van der Waals surface area contributed by atoms with Crippen LogP contribution in [0.5, 0.6) is 0 Å². The second-order valence-electron chi connectivity index (χ2n) is 28.3. The van der Waals surface area contributed by atoms with Gasteiger partial charge in [-0.05, 0) is 205 Å². The van der Waals surface area contributed by atoms with E-state index in [0.29, 0.717) is 0 Å². The van der Waals surface area contributed by atoms with Gasteiger partial charge < -0.3 is 18.3 Å². The lowest BCUT2D eigenvalue weighted by Gasteiger charge is -2.11. The fraction of sp³-hybridized carbons (Fsp3) is 0. The van der Waals surface area contributed by atoms with Crippen LogP contribution in [0.2, 0.25) is 0 Å². The van der Waals surface area contributed by atoms with Crippen molar-refractivity contribution in [2.45, 2.75) is 0 Å². The Morgan fingerprint density at radius 1 is 0.160 bits per heavy atom. The lowest BCUT2D eigenvalue weighted by molar-refractivity contribution is 1.19. The van der Waals surface area contributed by atoms with Crippen molar-refractivity contribution in [3.63, 3.8) is 0 Å². The molecule has 0 fully saturated rings. The quantitative estimate of drug-likeness (QED) is 0.158. The SMILES string of the molecule is c1ccc2cc(-n3c4ccccc4c4cc(-c5ccc6c(c5)c5c7c(ccc5n6-c5ccc6ccccc6c5)sc5ccccc57)ccc43)ccc2c1.c1ccc2cc(-n3c4ccccc4c4cc(-c5ccc6c(c5)c5c7sc8ccccc8c7ccc5n6-c5ccc6ccccc6c5)ccc43)ccc2c1. The van der Waals surface area contributed by atoms with Crippen LogP contribution in [-0.2, 0) is 0 Å². The maximum absolute atomic E-state index is 2.47. The Hall–Kier alpha value is -13.4. The number of hydrogen-bond acceptors (Lipinski definition) is 2. The molecule has 0 unspecified atom stereocenters. The summed E-state index contributed by atoms with van der Waals surface area (Å²) in [5, 5.41) is 25.6. The predicted octanol–water partition coefficient (Wildman–Crippen LogP) is 28.4. The summed E-state index contributed by atoms with van der Waals surface area (Å²) in [5.41, 5.74) is 19.4. The van der Waals surface area contributed by atoms with E-state index in [-0.39, 0.29) is 0 Å². The summed E-state index contributed by atoms with van der Waals surface area (Å²) >= 11 is 3.79. The molecule has 18 aromatic carbocycles. The normalized spacial score (nSPS) is 12.2. The second kappa shape index (κ2) is 23.1.